The van der Waals surface area contributed by atoms with Crippen molar-refractivity contribution in [1.82, 2.24) is 4.57 Å². The van der Waals surface area contributed by atoms with Gasteiger partial charge < -0.3 is 4.57 Å². The van der Waals surface area contributed by atoms with Crippen LogP contribution in [0.5, 0.6) is 0 Å². The van der Waals surface area contributed by atoms with Gasteiger partial charge >= 0.3 is 0 Å². The van der Waals surface area contributed by atoms with Crippen molar-refractivity contribution in [2.75, 3.05) is 0 Å². The molecule has 8 aromatic rings. The average Bonchev–Trinajstić information content (AvgIpc) is 3.53. The molecule has 2 heterocycles. The number of thiophene rings is 1. The Morgan fingerprint density at radius 3 is 1.82 bits per heavy atom. The zero-order valence-corrected chi connectivity index (χ0v) is 21.8. The Morgan fingerprint density at radius 2 is 1.10 bits per heavy atom. The number of nitrogens with zero attached hydrogens (tertiary/aromatic N) is 1. The van der Waals surface area contributed by atoms with Gasteiger partial charge in [0.1, 0.15) is 5.82 Å². The van der Waals surface area contributed by atoms with E-state index in [1.165, 1.54) is 20.2 Å². The SMILES string of the molecule is Fc1ccc2c(c1)c1c3c(ccc1n2-c1cc(-c2ccccc2)cc(-c2ccccc2)c1)sc1ccccc13. The highest BCUT2D eigenvalue weighted by Gasteiger charge is 2.19. The molecule has 0 saturated carbocycles. The number of rotatable bonds is 3. The van der Waals surface area contributed by atoms with E-state index < -0.39 is 0 Å². The first-order valence-corrected chi connectivity index (χ1v) is 13.9. The van der Waals surface area contributed by atoms with Crippen molar-refractivity contribution < 1.29 is 4.39 Å². The van der Waals surface area contributed by atoms with E-state index in [1.807, 2.05) is 18.2 Å². The topological polar surface area (TPSA) is 4.93 Å². The normalized spacial score (nSPS) is 11.7. The second-order valence-electron chi connectivity index (χ2n) is 9.93. The summed E-state index contributed by atoms with van der Waals surface area (Å²) in [5, 5.41) is 4.45. The van der Waals surface area contributed by atoms with Crippen LogP contribution in [-0.4, -0.2) is 4.57 Å². The van der Waals surface area contributed by atoms with E-state index in [-0.39, 0.29) is 5.82 Å². The Labute approximate surface area is 229 Å². The number of fused-ring (bicyclic) bond motifs is 7. The molecule has 184 valence electrons. The number of halogens is 1. The van der Waals surface area contributed by atoms with Crippen LogP contribution >= 0.6 is 11.3 Å². The summed E-state index contributed by atoms with van der Waals surface area (Å²) >= 11 is 1.79. The molecule has 0 amide bonds. The predicted molar refractivity (Wildman–Crippen MR) is 164 cm³/mol. The second kappa shape index (κ2) is 8.65. The smallest absolute Gasteiger partial charge is 0.123 e. The van der Waals surface area contributed by atoms with Gasteiger partial charge in [-0.25, -0.2) is 4.39 Å². The molecule has 0 radical (unpaired) electrons. The van der Waals surface area contributed by atoms with Crippen LogP contribution in [0, 0.1) is 5.82 Å². The van der Waals surface area contributed by atoms with Gasteiger partial charge in [-0.05, 0) is 76.9 Å². The highest BCUT2D eigenvalue weighted by Crippen LogP contribution is 2.44. The molecule has 0 N–H and O–H groups in total. The maximum Gasteiger partial charge on any atom is 0.123 e. The highest BCUT2D eigenvalue weighted by atomic mass is 32.1. The monoisotopic (exact) mass is 519 g/mol. The summed E-state index contributed by atoms with van der Waals surface area (Å²) < 4.78 is 19.5. The van der Waals surface area contributed by atoms with E-state index in [2.05, 4.69) is 108 Å². The second-order valence-corrected chi connectivity index (χ2v) is 11.0. The number of hydrogen-bond donors (Lipinski definition) is 0. The van der Waals surface area contributed by atoms with Gasteiger partial charge in [-0.15, -0.1) is 11.3 Å². The molecule has 0 bridgehead atoms. The summed E-state index contributed by atoms with van der Waals surface area (Å²) in [6, 6.07) is 45.9. The first kappa shape index (κ1) is 22.3. The molecule has 3 heteroatoms. The maximum absolute atomic E-state index is 14.8. The minimum absolute atomic E-state index is 0.221. The van der Waals surface area contributed by atoms with Crippen molar-refractivity contribution in [1.29, 1.82) is 0 Å². The van der Waals surface area contributed by atoms with Crippen LogP contribution in [0.1, 0.15) is 0 Å². The molecule has 0 aliphatic rings. The number of aromatic nitrogens is 1. The largest absolute Gasteiger partial charge is 0.309 e. The molecule has 6 aromatic carbocycles. The maximum atomic E-state index is 14.8. The summed E-state index contributed by atoms with van der Waals surface area (Å²) in [5.41, 5.74) is 7.75. The fourth-order valence-corrected chi connectivity index (χ4v) is 7.02. The van der Waals surface area contributed by atoms with Crippen molar-refractivity contribution in [3.8, 4) is 27.9 Å². The van der Waals surface area contributed by atoms with Gasteiger partial charge in [0.15, 0.2) is 0 Å². The van der Waals surface area contributed by atoms with E-state index in [9.17, 15) is 4.39 Å². The van der Waals surface area contributed by atoms with Crippen LogP contribution in [0.3, 0.4) is 0 Å². The third-order valence-corrected chi connectivity index (χ3v) is 8.76. The summed E-state index contributed by atoms with van der Waals surface area (Å²) in [7, 11) is 0. The summed E-state index contributed by atoms with van der Waals surface area (Å²) in [4.78, 5) is 0. The quantitative estimate of drug-likeness (QED) is 0.219. The zero-order valence-electron chi connectivity index (χ0n) is 20.9. The van der Waals surface area contributed by atoms with E-state index in [0.29, 0.717) is 0 Å². The number of hydrogen-bond acceptors (Lipinski definition) is 1. The van der Waals surface area contributed by atoms with Crippen LogP contribution < -0.4 is 0 Å². The average molecular weight is 520 g/mol. The van der Waals surface area contributed by atoms with Crippen LogP contribution in [0.25, 0.3) is 69.9 Å². The molecule has 0 saturated heterocycles. The number of benzene rings is 6. The van der Waals surface area contributed by atoms with Crippen molar-refractivity contribution >= 4 is 53.3 Å². The minimum atomic E-state index is -0.221. The lowest BCUT2D eigenvalue weighted by molar-refractivity contribution is 0.629. The molecule has 1 nitrogen and oxygen atoms in total. The third kappa shape index (κ3) is 3.51. The molecular weight excluding hydrogens is 497 g/mol. The predicted octanol–water partition coefficient (Wildman–Crippen LogP) is 10.6. The molecule has 39 heavy (non-hydrogen) atoms. The summed E-state index contributed by atoms with van der Waals surface area (Å²) in [6.45, 7) is 0. The lowest BCUT2D eigenvalue weighted by atomic mass is 9.98. The van der Waals surface area contributed by atoms with Gasteiger partial charge in [0.05, 0.1) is 11.0 Å². The first-order chi connectivity index (χ1) is 19.2. The van der Waals surface area contributed by atoms with E-state index in [0.717, 1.165) is 49.7 Å². The standard InChI is InChI=1S/C36H22FNS/c37-27-15-16-31-30(22-27)35-32(17-18-34-36(35)29-13-7-8-14-33(29)39-34)38(31)28-20-25(23-9-3-1-4-10-23)19-26(21-28)24-11-5-2-6-12-24/h1-22H. The van der Waals surface area contributed by atoms with Crippen molar-refractivity contribution in [2.24, 2.45) is 0 Å². The van der Waals surface area contributed by atoms with Gasteiger partial charge in [0.25, 0.3) is 0 Å². The molecule has 2 aromatic heterocycles. The summed E-state index contributed by atoms with van der Waals surface area (Å²) in [5.74, 6) is -0.221. The molecule has 0 aliphatic carbocycles. The van der Waals surface area contributed by atoms with E-state index in [4.69, 9.17) is 0 Å². The summed E-state index contributed by atoms with van der Waals surface area (Å²) in [6.07, 6.45) is 0. The van der Waals surface area contributed by atoms with Crippen molar-refractivity contribution in [3.05, 3.63) is 139 Å². The van der Waals surface area contributed by atoms with Crippen LogP contribution in [-0.2, 0) is 0 Å². The van der Waals surface area contributed by atoms with Gasteiger partial charge in [-0.3, -0.25) is 0 Å². The Morgan fingerprint density at radius 1 is 0.462 bits per heavy atom. The Bertz CT molecular complexity index is 2110. The molecule has 0 aliphatic heterocycles. The fourth-order valence-electron chi connectivity index (χ4n) is 5.91. The van der Waals surface area contributed by atoms with E-state index >= 15 is 0 Å². The minimum Gasteiger partial charge on any atom is -0.309 e. The molecular formula is C36H22FNS. The van der Waals surface area contributed by atoms with Gasteiger partial charge in [0, 0.05) is 36.6 Å². The highest BCUT2D eigenvalue weighted by molar-refractivity contribution is 7.26. The first-order valence-electron chi connectivity index (χ1n) is 13.0. The zero-order chi connectivity index (χ0) is 25.9. The lowest BCUT2D eigenvalue weighted by Crippen LogP contribution is -1.96. The van der Waals surface area contributed by atoms with Gasteiger partial charge in [-0.1, -0.05) is 78.9 Å². The third-order valence-electron chi connectivity index (χ3n) is 7.62. The Balaban J connectivity index is 1.52. The lowest BCUT2D eigenvalue weighted by Gasteiger charge is -2.14. The Kier molecular flexibility index (Phi) is 4.94. The molecule has 0 unspecified atom stereocenters. The van der Waals surface area contributed by atoms with E-state index in [1.54, 1.807) is 23.5 Å². The molecule has 8 rings (SSSR count). The fraction of sp³-hybridized carbons (Fsp3) is 0. The van der Waals surface area contributed by atoms with Gasteiger partial charge in [-0.2, -0.15) is 0 Å². The Hall–Kier alpha value is -4.73. The van der Waals surface area contributed by atoms with Crippen molar-refractivity contribution in [2.45, 2.75) is 0 Å². The van der Waals surface area contributed by atoms with Gasteiger partial charge in [0.2, 0.25) is 0 Å². The molecule has 0 spiro atoms. The van der Waals surface area contributed by atoms with Crippen LogP contribution in [0.2, 0.25) is 0 Å². The molecule has 0 atom stereocenters. The van der Waals surface area contributed by atoms with Crippen LogP contribution in [0.15, 0.2) is 133 Å². The van der Waals surface area contributed by atoms with Crippen molar-refractivity contribution in [3.63, 3.8) is 0 Å². The van der Waals surface area contributed by atoms with Crippen LogP contribution in [0.4, 0.5) is 4.39 Å². The molecule has 0 fully saturated rings.